The average Bonchev–Trinajstić information content (AvgIpc) is 3.37. The second-order valence-corrected chi connectivity index (χ2v) is 16.7. The van der Waals surface area contributed by atoms with Crippen LogP contribution in [0, 0.1) is 0 Å². The first-order chi connectivity index (χ1) is 34.2. The summed E-state index contributed by atoms with van der Waals surface area (Å²) < 4.78 is 169. The van der Waals surface area contributed by atoms with Gasteiger partial charge in [-0.25, -0.2) is 0 Å². The number of rotatable bonds is 10. The quantitative estimate of drug-likeness (QED) is 0.126. The van der Waals surface area contributed by atoms with E-state index in [-0.39, 0.29) is 34.9 Å². The smallest absolute Gasteiger partial charge is 0.310 e. The van der Waals surface area contributed by atoms with E-state index in [1.807, 2.05) is 60.7 Å². The van der Waals surface area contributed by atoms with Gasteiger partial charge in [0.1, 0.15) is 0 Å². The second kappa shape index (κ2) is 19.2. The summed E-state index contributed by atoms with van der Waals surface area (Å²) in [6, 6.07) is 55.0. The molecule has 0 heterocycles. The molecule has 0 aliphatic carbocycles. The lowest BCUT2D eigenvalue weighted by atomic mass is 9.99. The number of nitrogens with zero attached hydrogens (tertiary/aromatic N) is 2. The predicted molar refractivity (Wildman–Crippen MR) is 258 cm³/mol. The number of hydrogen-bond donors (Lipinski definition) is 0. The van der Waals surface area contributed by atoms with Gasteiger partial charge < -0.3 is 9.80 Å². The lowest BCUT2D eigenvalue weighted by molar-refractivity contribution is -0.144. The summed E-state index contributed by atoms with van der Waals surface area (Å²) in [5.74, 6) is 0. The first-order valence-electron chi connectivity index (χ1n) is 22.0. The molecule has 0 saturated heterocycles. The van der Waals surface area contributed by atoms with Crippen molar-refractivity contribution in [1.82, 2.24) is 0 Å². The molecule has 9 aromatic rings. The fourth-order valence-corrected chi connectivity index (χ4v) is 8.36. The van der Waals surface area contributed by atoms with Crippen molar-refractivity contribution in [2.45, 2.75) is 24.7 Å². The first-order valence-corrected chi connectivity index (χ1v) is 22.0. The zero-order chi connectivity index (χ0) is 51.0. The molecule has 0 saturated carbocycles. The lowest BCUT2D eigenvalue weighted by Crippen LogP contribution is -2.15. The molecular weight excluding hydrogens is 953 g/mol. The SMILES string of the molecule is FC(F)(F)c1cc(N(c2ccc(-c3ccccc3)cc2)c2ccc(-c3ccc(-c4ccc(N(c5ccc(-c6ccccc6)cc5)c5cc(C(F)(F)F)cc(C(F)(F)F)c5)cc4)cc3)cc2)cc(C(F)(F)F)c1. The molecule has 9 rings (SSSR count). The number of hydrogen-bond acceptors (Lipinski definition) is 2. The largest absolute Gasteiger partial charge is 0.416 e. The van der Waals surface area contributed by atoms with Crippen molar-refractivity contribution < 1.29 is 52.7 Å². The lowest BCUT2D eigenvalue weighted by Gasteiger charge is -2.27. The molecule has 0 aromatic heterocycles. The minimum Gasteiger partial charge on any atom is -0.310 e. The minimum atomic E-state index is -5.08. The molecule has 0 amide bonds. The minimum absolute atomic E-state index is 0.0821. The summed E-state index contributed by atoms with van der Waals surface area (Å²) in [4.78, 5) is 2.64. The Balaban J connectivity index is 1.03. The molecule has 14 heteroatoms. The molecule has 362 valence electrons. The molecule has 9 aromatic carbocycles. The highest BCUT2D eigenvalue weighted by molar-refractivity contribution is 5.83. The Bertz CT molecular complexity index is 3000. The summed E-state index contributed by atoms with van der Waals surface area (Å²) in [6.07, 6.45) is -20.3. The second-order valence-electron chi connectivity index (χ2n) is 16.7. The van der Waals surface area contributed by atoms with E-state index >= 15 is 0 Å². The van der Waals surface area contributed by atoms with Crippen molar-refractivity contribution in [3.05, 3.63) is 241 Å². The van der Waals surface area contributed by atoms with E-state index in [4.69, 9.17) is 0 Å². The summed E-state index contributed by atoms with van der Waals surface area (Å²) in [5, 5.41) is 0. The third-order valence-electron chi connectivity index (χ3n) is 11.9. The van der Waals surface area contributed by atoms with Crippen molar-refractivity contribution in [3.63, 3.8) is 0 Å². The van der Waals surface area contributed by atoms with Crippen LogP contribution in [-0.2, 0) is 24.7 Å². The van der Waals surface area contributed by atoms with Gasteiger partial charge in [-0.15, -0.1) is 0 Å². The van der Waals surface area contributed by atoms with Crippen LogP contribution in [0.1, 0.15) is 22.3 Å². The van der Waals surface area contributed by atoms with Crippen LogP contribution in [0.3, 0.4) is 0 Å². The van der Waals surface area contributed by atoms with Crippen LogP contribution in [0.25, 0.3) is 44.5 Å². The molecule has 0 N–H and O–H groups in total. The van der Waals surface area contributed by atoms with E-state index in [1.165, 1.54) is 9.80 Å². The van der Waals surface area contributed by atoms with Crippen molar-refractivity contribution >= 4 is 34.1 Å². The van der Waals surface area contributed by atoms with E-state index in [0.717, 1.165) is 22.3 Å². The molecule has 0 radical (unpaired) electrons. The fourth-order valence-electron chi connectivity index (χ4n) is 8.36. The van der Waals surface area contributed by atoms with Crippen molar-refractivity contribution in [1.29, 1.82) is 0 Å². The van der Waals surface area contributed by atoms with Crippen LogP contribution in [-0.4, -0.2) is 0 Å². The zero-order valence-corrected chi connectivity index (χ0v) is 37.2. The highest BCUT2D eigenvalue weighted by atomic mass is 19.4. The standard InChI is InChI=1S/C58H36F12N2/c59-55(60,61)45-31-46(56(62,63)64)34-53(33-45)71(49-23-15-41(16-24-49)37-7-3-1-4-8-37)51-27-19-43(20-28-51)39-11-13-40(14-12-39)44-21-29-52(30-22-44)72(50-25-17-42(18-26-50)38-9-5-2-6-10-38)54-35-47(57(65,66)67)32-48(36-54)58(68,69)70/h1-36H. The van der Waals surface area contributed by atoms with Gasteiger partial charge in [-0.1, -0.05) is 133 Å². The summed E-state index contributed by atoms with van der Waals surface area (Å²) in [7, 11) is 0. The molecule has 0 fully saturated rings. The number of anilines is 6. The average molecular weight is 989 g/mol. The molecule has 2 nitrogen and oxygen atoms in total. The van der Waals surface area contributed by atoms with Gasteiger partial charge in [0.2, 0.25) is 0 Å². The highest BCUT2D eigenvalue weighted by Crippen LogP contribution is 2.46. The Hall–Kier alpha value is -8.26. The zero-order valence-electron chi connectivity index (χ0n) is 37.2. The van der Waals surface area contributed by atoms with Crippen LogP contribution in [0.4, 0.5) is 86.8 Å². The van der Waals surface area contributed by atoms with E-state index in [0.29, 0.717) is 57.9 Å². The summed E-state index contributed by atoms with van der Waals surface area (Å²) in [6.45, 7) is 0. The maximum atomic E-state index is 14.1. The van der Waals surface area contributed by atoms with E-state index < -0.39 is 47.0 Å². The molecule has 0 aliphatic rings. The first kappa shape index (κ1) is 48.8. The van der Waals surface area contributed by atoms with Crippen molar-refractivity contribution in [3.8, 4) is 44.5 Å². The Morgan fingerprint density at radius 1 is 0.194 bits per heavy atom. The number of halogens is 12. The number of alkyl halides is 12. The van der Waals surface area contributed by atoms with Gasteiger partial charge in [0.05, 0.1) is 22.3 Å². The van der Waals surface area contributed by atoms with Gasteiger partial charge in [0, 0.05) is 34.1 Å². The van der Waals surface area contributed by atoms with Crippen molar-refractivity contribution in [2.75, 3.05) is 9.80 Å². The van der Waals surface area contributed by atoms with Crippen LogP contribution >= 0.6 is 0 Å². The van der Waals surface area contributed by atoms with Gasteiger partial charge >= 0.3 is 24.7 Å². The van der Waals surface area contributed by atoms with Gasteiger partial charge in [-0.3, -0.25) is 0 Å². The Kier molecular flexibility index (Phi) is 13.0. The molecule has 72 heavy (non-hydrogen) atoms. The fraction of sp³-hybridized carbons (Fsp3) is 0.0690. The molecular formula is C58H36F12N2. The van der Waals surface area contributed by atoms with E-state index in [1.54, 1.807) is 121 Å². The normalized spacial score (nSPS) is 12.2. The third kappa shape index (κ3) is 10.7. The summed E-state index contributed by atoms with van der Waals surface area (Å²) >= 11 is 0. The van der Waals surface area contributed by atoms with Gasteiger partial charge in [-0.05, 0) is 129 Å². The predicted octanol–water partition coefficient (Wildman–Crippen LogP) is 19.4. The molecule has 0 spiro atoms. The molecule has 0 unspecified atom stereocenters. The number of benzene rings is 9. The molecule has 0 bridgehead atoms. The van der Waals surface area contributed by atoms with Crippen LogP contribution in [0.15, 0.2) is 218 Å². The highest BCUT2D eigenvalue weighted by Gasteiger charge is 2.39. The van der Waals surface area contributed by atoms with E-state index in [9.17, 15) is 52.7 Å². The van der Waals surface area contributed by atoms with Gasteiger partial charge in [0.15, 0.2) is 0 Å². The van der Waals surface area contributed by atoms with Crippen LogP contribution in [0.5, 0.6) is 0 Å². The third-order valence-corrected chi connectivity index (χ3v) is 11.9. The topological polar surface area (TPSA) is 6.48 Å². The van der Waals surface area contributed by atoms with Gasteiger partial charge in [-0.2, -0.15) is 52.7 Å². The summed E-state index contributed by atoms with van der Waals surface area (Å²) in [5.41, 5.74) is 0.550. The Labute approximate surface area is 405 Å². The Morgan fingerprint density at radius 3 is 0.569 bits per heavy atom. The molecule has 0 atom stereocenters. The van der Waals surface area contributed by atoms with E-state index in [2.05, 4.69) is 0 Å². The maximum absolute atomic E-state index is 14.1. The maximum Gasteiger partial charge on any atom is 0.416 e. The van der Waals surface area contributed by atoms with Crippen LogP contribution < -0.4 is 9.80 Å². The van der Waals surface area contributed by atoms with Gasteiger partial charge in [0.25, 0.3) is 0 Å². The van der Waals surface area contributed by atoms with Crippen molar-refractivity contribution in [2.24, 2.45) is 0 Å². The van der Waals surface area contributed by atoms with Crippen LogP contribution in [0.2, 0.25) is 0 Å². The Morgan fingerprint density at radius 2 is 0.375 bits per heavy atom. The monoisotopic (exact) mass is 988 g/mol. The molecule has 0 aliphatic heterocycles.